The number of rotatable bonds is 2. The number of hydrogen-bond acceptors (Lipinski definition) is 8. The summed E-state index contributed by atoms with van der Waals surface area (Å²) in [6.45, 7) is 3.53. The van der Waals surface area contributed by atoms with Gasteiger partial charge in [-0.1, -0.05) is 0 Å². The Morgan fingerprint density at radius 3 is 2.48 bits per heavy atom. The molecule has 0 radical (unpaired) electrons. The molecule has 0 fully saturated rings. The molecule has 2 aromatic rings. The van der Waals surface area contributed by atoms with Crippen molar-refractivity contribution in [3.05, 3.63) is 41.0 Å². The van der Waals surface area contributed by atoms with E-state index in [0.29, 0.717) is 34.1 Å². The summed E-state index contributed by atoms with van der Waals surface area (Å²) in [7, 11) is 3.06. The van der Waals surface area contributed by atoms with Crippen LogP contribution in [0.2, 0.25) is 0 Å². The lowest BCUT2D eigenvalue weighted by Gasteiger charge is -2.43. The number of ketones is 1. The summed E-state index contributed by atoms with van der Waals surface area (Å²) in [5.74, 6) is 1.40. The Bertz CT molecular complexity index is 1080. The molecule has 3 aliphatic heterocycles. The number of carbonyl (C=O) groups is 1. The Balaban J connectivity index is 1.62. The third-order valence-corrected chi connectivity index (χ3v) is 6.28. The maximum absolute atomic E-state index is 13.6. The highest BCUT2D eigenvalue weighted by molar-refractivity contribution is 6.06. The minimum Gasteiger partial charge on any atom is -0.493 e. The van der Waals surface area contributed by atoms with Gasteiger partial charge in [-0.05, 0) is 32.0 Å². The van der Waals surface area contributed by atoms with E-state index in [1.807, 2.05) is 0 Å². The van der Waals surface area contributed by atoms with E-state index in [1.165, 1.54) is 14.2 Å². The van der Waals surface area contributed by atoms with Gasteiger partial charge in [0.2, 0.25) is 0 Å². The number of carbonyl (C=O) groups excluding carboxylic acids is 1. The average molecular weight is 428 g/mol. The molecule has 2 unspecified atom stereocenters. The van der Waals surface area contributed by atoms with Crippen LogP contribution in [0.1, 0.15) is 47.4 Å². The summed E-state index contributed by atoms with van der Waals surface area (Å²) in [6, 6.07) is 6.72. The quantitative estimate of drug-likeness (QED) is 0.752. The minimum absolute atomic E-state index is 0.146. The van der Waals surface area contributed by atoms with Crippen molar-refractivity contribution in [2.45, 2.75) is 43.7 Å². The van der Waals surface area contributed by atoms with E-state index in [1.54, 1.807) is 38.1 Å². The van der Waals surface area contributed by atoms with E-state index in [2.05, 4.69) is 0 Å². The van der Waals surface area contributed by atoms with Gasteiger partial charge in [0.05, 0.1) is 31.3 Å². The lowest BCUT2D eigenvalue weighted by atomic mass is 9.79. The normalized spacial score (nSPS) is 27.4. The molecule has 2 aromatic carbocycles. The molecule has 164 valence electrons. The SMILES string of the molecule is COc1cc2c(cc1OC)[C@@H]1C(=O)c3ccc4c(c3O[C@@H]1CO2)C(O)C(O)C(C)(C)O4. The van der Waals surface area contributed by atoms with E-state index in [9.17, 15) is 15.0 Å². The van der Waals surface area contributed by atoms with Crippen LogP contribution in [-0.4, -0.2) is 54.6 Å². The van der Waals surface area contributed by atoms with Gasteiger partial charge in [0.25, 0.3) is 0 Å². The van der Waals surface area contributed by atoms with Gasteiger partial charge in [-0.3, -0.25) is 4.79 Å². The standard InChI is InChI=1S/C23H24O8/c1-23(2)22(26)20(25)18-12(31-23)6-5-10-19(24)17-11-7-14(27-3)15(28-4)8-13(11)29-9-16(17)30-21(10)18/h5-8,16-17,20,22,25-26H,9H2,1-4H3/t16-,17+,20?,22?/m1/s1. The van der Waals surface area contributed by atoms with E-state index >= 15 is 0 Å². The molecule has 5 rings (SSSR count). The molecule has 8 nitrogen and oxygen atoms in total. The van der Waals surface area contributed by atoms with Crippen LogP contribution in [0.15, 0.2) is 24.3 Å². The topological polar surface area (TPSA) is 104 Å². The van der Waals surface area contributed by atoms with Crippen LogP contribution in [0.5, 0.6) is 28.7 Å². The van der Waals surface area contributed by atoms with Crippen LogP contribution in [-0.2, 0) is 0 Å². The molecular formula is C23H24O8. The fourth-order valence-electron chi connectivity index (χ4n) is 4.60. The third-order valence-electron chi connectivity index (χ3n) is 6.28. The van der Waals surface area contributed by atoms with E-state index in [4.69, 9.17) is 23.7 Å². The molecule has 0 bridgehead atoms. The predicted octanol–water partition coefficient (Wildman–Crippen LogP) is 2.39. The highest BCUT2D eigenvalue weighted by atomic mass is 16.5. The summed E-state index contributed by atoms with van der Waals surface area (Å²) in [4.78, 5) is 13.6. The molecule has 3 heterocycles. The van der Waals surface area contributed by atoms with Crippen molar-refractivity contribution >= 4 is 5.78 Å². The predicted molar refractivity (Wildman–Crippen MR) is 109 cm³/mol. The number of methoxy groups -OCH3 is 2. The van der Waals surface area contributed by atoms with E-state index < -0.39 is 29.8 Å². The maximum Gasteiger partial charge on any atom is 0.178 e. The zero-order chi connectivity index (χ0) is 22.1. The molecule has 2 N–H and O–H groups in total. The average Bonchev–Trinajstić information content (AvgIpc) is 2.75. The number of ether oxygens (including phenoxy) is 5. The molecule has 0 spiro atoms. The first kappa shape index (κ1) is 20.0. The lowest BCUT2D eigenvalue weighted by molar-refractivity contribution is -0.113. The van der Waals surface area contributed by atoms with Gasteiger partial charge >= 0.3 is 0 Å². The molecule has 0 aromatic heterocycles. The molecule has 3 aliphatic rings. The second-order valence-electron chi connectivity index (χ2n) is 8.50. The summed E-state index contributed by atoms with van der Waals surface area (Å²) in [5.41, 5.74) is 0.288. The minimum atomic E-state index is -1.25. The van der Waals surface area contributed by atoms with Crippen molar-refractivity contribution in [2.75, 3.05) is 20.8 Å². The van der Waals surface area contributed by atoms with Gasteiger partial charge < -0.3 is 33.9 Å². The number of hydrogen-bond donors (Lipinski definition) is 2. The molecule has 0 amide bonds. The van der Waals surface area contributed by atoms with Gasteiger partial charge in [0, 0.05) is 11.6 Å². The second kappa shape index (κ2) is 6.77. The summed E-state index contributed by atoms with van der Waals surface area (Å²) in [6.07, 6.45) is -3.03. The van der Waals surface area contributed by atoms with Gasteiger partial charge in [0.1, 0.15) is 47.8 Å². The van der Waals surface area contributed by atoms with Crippen LogP contribution in [0.4, 0.5) is 0 Å². The summed E-state index contributed by atoms with van der Waals surface area (Å²) in [5, 5.41) is 21.3. The molecule has 0 saturated carbocycles. The Labute approximate surface area is 179 Å². The van der Waals surface area contributed by atoms with Crippen molar-refractivity contribution in [1.29, 1.82) is 0 Å². The monoisotopic (exact) mass is 428 g/mol. The van der Waals surface area contributed by atoms with Gasteiger partial charge in [-0.15, -0.1) is 0 Å². The highest BCUT2D eigenvalue weighted by Crippen LogP contribution is 2.52. The lowest BCUT2D eigenvalue weighted by Crippen LogP contribution is -2.49. The fraction of sp³-hybridized carbons (Fsp3) is 0.435. The Hall–Kier alpha value is -2.97. The van der Waals surface area contributed by atoms with Crippen LogP contribution < -0.4 is 23.7 Å². The van der Waals surface area contributed by atoms with Crippen LogP contribution >= 0.6 is 0 Å². The molecule has 8 heteroatoms. The van der Waals surface area contributed by atoms with Crippen LogP contribution in [0.25, 0.3) is 0 Å². The van der Waals surface area contributed by atoms with Crippen molar-refractivity contribution in [3.8, 4) is 28.7 Å². The maximum atomic E-state index is 13.6. The zero-order valence-electron chi connectivity index (χ0n) is 17.7. The number of aliphatic hydroxyl groups is 2. The Kier molecular flexibility index (Phi) is 4.36. The largest absolute Gasteiger partial charge is 0.493 e. The molecule has 31 heavy (non-hydrogen) atoms. The van der Waals surface area contributed by atoms with Crippen molar-refractivity contribution in [2.24, 2.45) is 0 Å². The first-order valence-corrected chi connectivity index (χ1v) is 10.1. The van der Waals surface area contributed by atoms with Gasteiger partial charge in [-0.25, -0.2) is 0 Å². The second-order valence-corrected chi connectivity index (χ2v) is 8.50. The first-order chi connectivity index (χ1) is 14.8. The number of Topliss-reactive ketones (excluding diaryl/α,β-unsaturated/α-hetero) is 1. The van der Waals surface area contributed by atoms with Gasteiger partial charge in [-0.2, -0.15) is 0 Å². The molecule has 0 saturated heterocycles. The van der Waals surface area contributed by atoms with Crippen molar-refractivity contribution in [1.82, 2.24) is 0 Å². The highest BCUT2D eigenvalue weighted by Gasteiger charge is 2.49. The molecule has 0 aliphatic carbocycles. The Morgan fingerprint density at radius 2 is 1.77 bits per heavy atom. The third kappa shape index (κ3) is 2.78. The zero-order valence-corrected chi connectivity index (χ0v) is 17.7. The van der Waals surface area contributed by atoms with Crippen LogP contribution in [0.3, 0.4) is 0 Å². The van der Waals surface area contributed by atoms with E-state index in [0.717, 1.165) is 0 Å². The summed E-state index contributed by atoms with van der Waals surface area (Å²) < 4.78 is 28.7. The molecule has 4 atom stereocenters. The van der Waals surface area contributed by atoms with Crippen molar-refractivity contribution < 1.29 is 38.7 Å². The van der Waals surface area contributed by atoms with Crippen molar-refractivity contribution in [3.63, 3.8) is 0 Å². The Morgan fingerprint density at radius 1 is 1.06 bits per heavy atom. The fourth-order valence-corrected chi connectivity index (χ4v) is 4.60. The number of fused-ring (bicyclic) bond motifs is 6. The number of aliphatic hydroxyl groups excluding tert-OH is 2. The van der Waals surface area contributed by atoms with E-state index in [-0.39, 0.29) is 23.7 Å². The smallest absolute Gasteiger partial charge is 0.178 e. The van der Waals surface area contributed by atoms with Crippen LogP contribution in [0, 0.1) is 0 Å². The van der Waals surface area contributed by atoms with Gasteiger partial charge in [0.15, 0.2) is 17.3 Å². The molecular weight excluding hydrogens is 404 g/mol. The number of benzene rings is 2. The summed E-state index contributed by atoms with van der Waals surface area (Å²) >= 11 is 0. The first-order valence-electron chi connectivity index (χ1n) is 10.1.